The molecule has 1 fully saturated rings. The van der Waals surface area contributed by atoms with Gasteiger partial charge in [-0.25, -0.2) is 0 Å². The molecule has 1 aliphatic rings. The first-order valence-electron chi connectivity index (χ1n) is 4.62. The molecule has 0 saturated carbocycles. The van der Waals surface area contributed by atoms with Crippen LogP contribution in [0.2, 0.25) is 15.1 Å². The van der Waals surface area contributed by atoms with Gasteiger partial charge in [0.25, 0.3) is 0 Å². The molecule has 0 N–H and O–H groups in total. The maximum atomic E-state index is 11.7. The fourth-order valence-electron chi connectivity index (χ4n) is 1.64. The second kappa shape index (κ2) is 4.65. The minimum Gasteiger partial charge on any atom is -0.310 e. The van der Waals surface area contributed by atoms with Crippen LogP contribution in [-0.4, -0.2) is 17.7 Å². The Kier molecular flexibility index (Phi) is 3.59. The Hall–Kier alpha value is -0.0900. The molecule has 0 aromatic heterocycles. The van der Waals surface area contributed by atoms with Gasteiger partial charge in [-0.1, -0.05) is 34.8 Å². The number of hydrogen-bond acceptors (Lipinski definition) is 2. The Morgan fingerprint density at radius 1 is 1.19 bits per heavy atom. The maximum Gasteiger partial charge on any atom is 0.228 e. The first kappa shape index (κ1) is 12.4. The topological polar surface area (TPSA) is 20.3 Å². The Bertz CT molecular complexity index is 452. The van der Waals surface area contributed by atoms with Crippen LogP contribution in [0, 0.1) is 0 Å². The van der Waals surface area contributed by atoms with Crippen LogP contribution in [0.3, 0.4) is 0 Å². The Morgan fingerprint density at radius 2 is 1.81 bits per heavy atom. The number of amides is 1. The summed E-state index contributed by atoms with van der Waals surface area (Å²) < 4.78 is 0. The van der Waals surface area contributed by atoms with Crippen LogP contribution in [0.25, 0.3) is 0 Å². The highest BCUT2D eigenvalue weighted by molar-refractivity contribution is 7.81. The third kappa shape index (κ3) is 2.28. The molecular weight excluding hydrogens is 289 g/mol. The summed E-state index contributed by atoms with van der Waals surface area (Å²) in [5.41, 5.74) is 0.595. The van der Waals surface area contributed by atoms with Crippen molar-refractivity contribution in [3.63, 3.8) is 0 Å². The number of rotatable bonds is 1. The molecule has 2 nitrogen and oxygen atoms in total. The molecule has 1 saturated heterocycles. The van der Waals surface area contributed by atoms with Gasteiger partial charge in [0.2, 0.25) is 5.91 Å². The molecule has 1 heterocycles. The van der Waals surface area contributed by atoms with E-state index in [1.54, 1.807) is 17.0 Å². The van der Waals surface area contributed by atoms with E-state index in [0.29, 0.717) is 33.7 Å². The van der Waals surface area contributed by atoms with Crippen molar-refractivity contribution in [3.05, 3.63) is 27.2 Å². The first-order valence-corrected chi connectivity index (χ1v) is 6.27. The molecule has 1 aromatic carbocycles. The molecule has 16 heavy (non-hydrogen) atoms. The van der Waals surface area contributed by atoms with Crippen molar-refractivity contribution >= 4 is 59.0 Å². The van der Waals surface area contributed by atoms with E-state index in [1.165, 1.54) is 0 Å². The van der Waals surface area contributed by atoms with Gasteiger partial charge in [-0.15, -0.1) is 0 Å². The lowest BCUT2D eigenvalue weighted by Gasteiger charge is -2.18. The summed E-state index contributed by atoms with van der Waals surface area (Å²) in [6.45, 7) is 0.541. The Morgan fingerprint density at radius 3 is 2.38 bits per heavy atom. The normalized spacial score (nSPS) is 20.6. The molecule has 2 rings (SSSR count). The van der Waals surface area contributed by atoms with E-state index >= 15 is 0 Å². The van der Waals surface area contributed by atoms with Crippen LogP contribution in [0.5, 0.6) is 0 Å². The van der Waals surface area contributed by atoms with Gasteiger partial charge in [-0.05, 0) is 12.1 Å². The lowest BCUT2D eigenvalue weighted by molar-refractivity contribution is -0.117. The summed E-state index contributed by atoms with van der Waals surface area (Å²) in [5, 5.41) is 1.23. The number of nitrogens with zero attached hydrogens (tertiary/aromatic N) is 1. The van der Waals surface area contributed by atoms with Crippen LogP contribution in [0.4, 0.5) is 5.69 Å². The van der Waals surface area contributed by atoms with Gasteiger partial charge in [0, 0.05) is 18.2 Å². The predicted molar refractivity (Wildman–Crippen MR) is 71.2 cm³/mol. The maximum absolute atomic E-state index is 11.7. The SMILES string of the molecule is O=C1CC(S)CN1c1cc(Cl)c(Cl)cc1Cl. The second-order valence-corrected chi connectivity index (χ2v) is 5.53. The number of halogens is 3. The van der Waals surface area contributed by atoms with E-state index in [0.717, 1.165) is 0 Å². The quantitative estimate of drug-likeness (QED) is 0.619. The molecule has 1 atom stereocenters. The van der Waals surface area contributed by atoms with E-state index in [2.05, 4.69) is 12.6 Å². The van der Waals surface area contributed by atoms with E-state index in [-0.39, 0.29) is 11.2 Å². The number of thiol groups is 1. The molecule has 1 amide bonds. The minimum atomic E-state index is 0.000268. The van der Waals surface area contributed by atoms with Crippen molar-refractivity contribution in [2.75, 3.05) is 11.4 Å². The molecule has 1 aromatic rings. The fourth-order valence-corrected chi connectivity index (χ4v) is 2.60. The van der Waals surface area contributed by atoms with Crippen LogP contribution >= 0.6 is 47.4 Å². The summed E-state index contributed by atoms with van der Waals surface area (Å²) in [4.78, 5) is 13.3. The van der Waals surface area contributed by atoms with Gasteiger partial charge in [-0.2, -0.15) is 12.6 Å². The molecule has 86 valence electrons. The minimum absolute atomic E-state index is 0.000268. The van der Waals surface area contributed by atoms with Crippen molar-refractivity contribution in [1.82, 2.24) is 0 Å². The zero-order chi connectivity index (χ0) is 11.9. The molecule has 1 unspecified atom stereocenters. The molecular formula is C10H8Cl3NOS. The molecule has 6 heteroatoms. The number of anilines is 1. The highest BCUT2D eigenvalue weighted by Crippen LogP contribution is 2.36. The van der Waals surface area contributed by atoms with Gasteiger partial charge >= 0.3 is 0 Å². The number of benzene rings is 1. The van der Waals surface area contributed by atoms with Crippen molar-refractivity contribution in [2.24, 2.45) is 0 Å². The number of hydrogen-bond donors (Lipinski definition) is 1. The van der Waals surface area contributed by atoms with E-state index in [9.17, 15) is 4.79 Å². The van der Waals surface area contributed by atoms with E-state index < -0.39 is 0 Å². The lowest BCUT2D eigenvalue weighted by atomic mass is 10.3. The van der Waals surface area contributed by atoms with Crippen LogP contribution in [0.1, 0.15) is 6.42 Å². The van der Waals surface area contributed by atoms with Crippen LogP contribution < -0.4 is 4.90 Å². The van der Waals surface area contributed by atoms with Gasteiger partial charge in [0.15, 0.2) is 0 Å². The average Bonchev–Trinajstić information content (AvgIpc) is 2.51. The summed E-state index contributed by atoms with van der Waals surface area (Å²) in [7, 11) is 0. The summed E-state index contributed by atoms with van der Waals surface area (Å²) in [6.07, 6.45) is 0.416. The Balaban J connectivity index is 2.41. The zero-order valence-corrected chi connectivity index (χ0v) is 11.2. The van der Waals surface area contributed by atoms with E-state index in [1.807, 2.05) is 0 Å². The van der Waals surface area contributed by atoms with Crippen molar-refractivity contribution < 1.29 is 4.79 Å². The largest absolute Gasteiger partial charge is 0.310 e. The van der Waals surface area contributed by atoms with Gasteiger partial charge in [0.05, 0.1) is 20.8 Å². The standard InChI is InChI=1S/C10H8Cl3NOS/c11-6-2-8(13)9(3-7(6)12)14-4-5(16)1-10(14)15/h2-3,5,16H,1,4H2. The van der Waals surface area contributed by atoms with Crippen LogP contribution in [0.15, 0.2) is 12.1 Å². The Labute approximate surface area is 114 Å². The van der Waals surface area contributed by atoms with E-state index in [4.69, 9.17) is 34.8 Å². The number of carbonyl (C=O) groups excluding carboxylic acids is 1. The van der Waals surface area contributed by atoms with Gasteiger partial charge < -0.3 is 4.90 Å². The summed E-state index contributed by atoms with van der Waals surface area (Å²) >= 11 is 22.0. The molecule has 0 spiro atoms. The van der Waals surface area contributed by atoms with Crippen molar-refractivity contribution in [1.29, 1.82) is 0 Å². The second-order valence-electron chi connectivity index (χ2n) is 3.58. The zero-order valence-electron chi connectivity index (χ0n) is 8.08. The van der Waals surface area contributed by atoms with Gasteiger partial charge in [0.1, 0.15) is 0 Å². The monoisotopic (exact) mass is 295 g/mol. The smallest absolute Gasteiger partial charge is 0.228 e. The first-order chi connectivity index (χ1) is 7.49. The predicted octanol–water partition coefficient (Wildman–Crippen LogP) is 3.68. The molecule has 0 aliphatic carbocycles. The van der Waals surface area contributed by atoms with Crippen molar-refractivity contribution in [2.45, 2.75) is 11.7 Å². The van der Waals surface area contributed by atoms with Crippen LogP contribution in [-0.2, 0) is 4.79 Å². The third-order valence-electron chi connectivity index (χ3n) is 2.39. The summed E-state index contributed by atoms with van der Waals surface area (Å²) in [6, 6.07) is 3.15. The van der Waals surface area contributed by atoms with Gasteiger partial charge in [-0.3, -0.25) is 4.79 Å². The number of carbonyl (C=O) groups is 1. The lowest BCUT2D eigenvalue weighted by Crippen LogP contribution is -2.24. The fraction of sp³-hybridized carbons (Fsp3) is 0.300. The molecule has 0 bridgehead atoms. The molecule has 0 radical (unpaired) electrons. The highest BCUT2D eigenvalue weighted by atomic mass is 35.5. The van der Waals surface area contributed by atoms with Crippen molar-refractivity contribution in [3.8, 4) is 0 Å². The molecule has 1 aliphatic heterocycles. The third-order valence-corrected chi connectivity index (χ3v) is 3.76. The highest BCUT2D eigenvalue weighted by Gasteiger charge is 2.29. The summed E-state index contributed by atoms with van der Waals surface area (Å²) in [5.74, 6) is 0.000268. The average molecular weight is 297 g/mol.